The summed E-state index contributed by atoms with van der Waals surface area (Å²) in [5.41, 5.74) is -0.606. The third kappa shape index (κ3) is 2.65. The number of amides is 3. The van der Waals surface area contributed by atoms with Crippen LogP contribution >= 0.6 is 0 Å². The van der Waals surface area contributed by atoms with Crippen molar-refractivity contribution in [2.24, 2.45) is 5.92 Å². The van der Waals surface area contributed by atoms with Gasteiger partial charge in [-0.25, -0.2) is 9.18 Å². The molecule has 0 radical (unpaired) electrons. The lowest BCUT2D eigenvalue weighted by Gasteiger charge is -2.22. The summed E-state index contributed by atoms with van der Waals surface area (Å²) in [6, 6.07) is 3.53. The van der Waals surface area contributed by atoms with Gasteiger partial charge in [-0.15, -0.1) is 0 Å². The molecule has 2 aliphatic rings. The van der Waals surface area contributed by atoms with Gasteiger partial charge in [-0.1, -0.05) is 6.07 Å². The maximum Gasteiger partial charge on any atom is 0.325 e. The van der Waals surface area contributed by atoms with E-state index in [-0.39, 0.29) is 29.7 Å². The summed E-state index contributed by atoms with van der Waals surface area (Å²) in [6.45, 7) is 1.50. The van der Waals surface area contributed by atoms with Crippen LogP contribution in [0.15, 0.2) is 18.2 Å². The zero-order valence-electron chi connectivity index (χ0n) is 13.0. The number of β-amino-alcohol motifs (C(OH)–C–C–N with tert-alkyl or cyclic N) is 1. The van der Waals surface area contributed by atoms with Crippen LogP contribution in [0.2, 0.25) is 0 Å². The van der Waals surface area contributed by atoms with Gasteiger partial charge in [0.25, 0.3) is 5.91 Å². The number of carbonyl (C=O) groups excluding carboxylic acids is 2. The molecule has 1 aliphatic heterocycles. The second kappa shape index (κ2) is 5.49. The van der Waals surface area contributed by atoms with Crippen molar-refractivity contribution >= 4 is 11.9 Å². The molecule has 23 heavy (non-hydrogen) atoms. The Bertz CT molecular complexity index is 661. The molecule has 7 heteroatoms. The molecule has 6 nitrogen and oxygen atoms in total. The van der Waals surface area contributed by atoms with E-state index in [1.807, 2.05) is 0 Å². The summed E-state index contributed by atoms with van der Waals surface area (Å²) in [5, 5.41) is 13.0. The molecule has 0 bridgehead atoms. The average Bonchev–Trinajstić information content (AvgIpc) is 3.33. The van der Waals surface area contributed by atoms with Crippen molar-refractivity contribution in [3.05, 3.63) is 29.6 Å². The number of imide groups is 1. The molecule has 2 unspecified atom stereocenters. The summed E-state index contributed by atoms with van der Waals surface area (Å²) in [5.74, 6) is -0.723. The molecular formula is C16H19FN2O4. The van der Waals surface area contributed by atoms with E-state index in [1.54, 1.807) is 6.92 Å². The molecule has 3 amide bonds. The monoisotopic (exact) mass is 322 g/mol. The minimum Gasteiger partial charge on any atom is -0.494 e. The largest absolute Gasteiger partial charge is 0.494 e. The molecule has 1 saturated heterocycles. The fourth-order valence-electron chi connectivity index (χ4n) is 2.99. The second-order valence-electron chi connectivity index (χ2n) is 6.23. The molecule has 3 rings (SSSR count). The molecule has 1 aromatic rings. The first-order valence-electron chi connectivity index (χ1n) is 7.52. The van der Waals surface area contributed by atoms with E-state index in [1.165, 1.54) is 19.2 Å². The van der Waals surface area contributed by atoms with Gasteiger partial charge in [0.2, 0.25) is 0 Å². The van der Waals surface area contributed by atoms with Crippen LogP contribution in [0.25, 0.3) is 0 Å². The van der Waals surface area contributed by atoms with Crippen LogP contribution in [-0.2, 0) is 4.79 Å². The number of hydrogen-bond donors (Lipinski definition) is 2. The van der Waals surface area contributed by atoms with Crippen molar-refractivity contribution in [3.63, 3.8) is 0 Å². The molecule has 0 aromatic heterocycles. The smallest absolute Gasteiger partial charge is 0.325 e. The Morgan fingerprint density at radius 3 is 2.74 bits per heavy atom. The first-order chi connectivity index (χ1) is 10.9. The van der Waals surface area contributed by atoms with Crippen LogP contribution in [0.3, 0.4) is 0 Å². The molecule has 0 spiro atoms. The summed E-state index contributed by atoms with van der Waals surface area (Å²) in [4.78, 5) is 25.6. The first-order valence-corrected chi connectivity index (χ1v) is 7.52. The molecule has 2 atom stereocenters. The predicted molar refractivity (Wildman–Crippen MR) is 79.3 cm³/mol. The highest BCUT2D eigenvalue weighted by Crippen LogP contribution is 2.42. The minimum atomic E-state index is -1.16. The fraction of sp³-hybridized carbons (Fsp3) is 0.500. The number of carbonyl (C=O) groups is 2. The lowest BCUT2D eigenvalue weighted by Crippen LogP contribution is -2.46. The number of hydrogen-bond acceptors (Lipinski definition) is 4. The van der Waals surface area contributed by atoms with E-state index in [0.717, 1.165) is 23.8 Å². The SMILES string of the molecule is COc1ccc(C(O)CN2C(=O)NC(C)(C3CC3)C2=O)cc1F. The molecule has 1 aliphatic carbocycles. The molecular weight excluding hydrogens is 303 g/mol. The number of rotatable bonds is 5. The third-order valence-electron chi connectivity index (χ3n) is 4.61. The summed E-state index contributed by atoms with van der Waals surface area (Å²) < 4.78 is 18.5. The van der Waals surface area contributed by atoms with E-state index in [4.69, 9.17) is 4.74 Å². The van der Waals surface area contributed by atoms with E-state index in [9.17, 15) is 19.1 Å². The van der Waals surface area contributed by atoms with Crippen LogP contribution in [0, 0.1) is 11.7 Å². The lowest BCUT2D eigenvalue weighted by molar-refractivity contribution is -0.132. The van der Waals surface area contributed by atoms with E-state index >= 15 is 0 Å². The quantitative estimate of drug-likeness (QED) is 0.807. The van der Waals surface area contributed by atoms with E-state index in [2.05, 4.69) is 5.32 Å². The average molecular weight is 322 g/mol. The number of halogens is 1. The van der Waals surface area contributed by atoms with E-state index < -0.39 is 23.5 Å². The topological polar surface area (TPSA) is 78.9 Å². The van der Waals surface area contributed by atoms with Crippen molar-refractivity contribution in [1.82, 2.24) is 10.2 Å². The Kier molecular flexibility index (Phi) is 3.75. The van der Waals surface area contributed by atoms with Gasteiger partial charge in [0, 0.05) is 0 Å². The Labute approximate surface area is 133 Å². The Morgan fingerprint density at radius 2 is 2.17 bits per heavy atom. The van der Waals surface area contributed by atoms with Crippen molar-refractivity contribution in [2.75, 3.05) is 13.7 Å². The van der Waals surface area contributed by atoms with Crippen molar-refractivity contribution in [2.45, 2.75) is 31.4 Å². The highest BCUT2D eigenvalue weighted by atomic mass is 19.1. The molecule has 1 aromatic carbocycles. The van der Waals surface area contributed by atoms with Crippen LogP contribution in [0.1, 0.15) is 31.4 Å². The maximum absolute atomic E-state index is 13.7. The zero-order chi connectivity index (χ0) is 16.8. The van der Waals surface area contributed by atoms with E-state index in [0.29, 0.717) is 0 Å². The minimum absolute atomic E-state index is 0.0669. The van der Waals surface area contributed by atoms with Gasteiger partial charge in [-0.2, -0.15) is 0 Å². The summed E-state index contributed by atoms with van der Waals surface area (Å²) in [6.07, 6.45) is 0.650. The van der Waals surface area contributed by atoms with Gasteiger partial charge >= 0.3 is 6.03 Å². The Hall–Kier alpha value is -2.15. The number of benzene rings is 1. The fourth-order valence-corrected chi connectivity index (χ4v) is 2.99. The maximum atomic E-state index is 13.7. The Morgan fingerprint density at radius 1 is 1.48 bits per heavy atom. The number of nitrogens with one attached hydrogen (secondary N) is 1. The number of aliphatic hydroxyl groups is 1. The van der Waals surface area contributed by atoms with Gasteiger partial charge in [-0.05, 0) is 43.4 Å². The number of ether oxygens (including phenoxy) is 1. The van der Waals surface area contributed by atoms with Crippen LogP contribution in [0.4, 0.5) is 9.18 Å². The standard InChI is InChI=1S/C16H19FN2O4/c1-16(10-4-5-10)14(21)19(15(22)18-16)8-12(20)9-3-6-13(23-2)11(17)7-9/h3,6-7,10,12,20H,4-5,8H2,1-2H3,(H,18,22). The molecule has 1 saturated carbocycles. The second-order valence-corrected chi connectivity index (χ2v) is 6.23. The van der Waals surface area contributed by atoms with Crippen LogP contribution in [0.5, 0.6) is 5.75 Å². The number of nitrogens with zero attached hydrogens (tertiary/aromatic N) is 1. The van der Waals surface area contributed by atoms with Gasteiger partial charge in [0.05, 0.1) is 19.8 Å². The highest BCUT2D eigenvalue weighted by molar-refractivity contribution is 6.07. The normalized spacial score (nSPS) is 25.5. The first kappa shape index (κ1) is 15.7. The number of aliphatic hydroxyl groups excluding tert-OH is 1. The summed E-state index contributed by atoms with van der Waals surface area (Å²) in [7, 11) is 1.35. The molecule has 2 fully saturated rings. The van der Waals surface area contributed by atoms with Crippen LogP contribution in [-0.4, -0.2) is 41.1 Å². The summed E-state index contributed by atoms with van der Waals surface area (Å²) >= 11 is 0. The van der Waals surface area contributed by atoms with Gasteiger partial charge in [0.1, 0.15) is 5.54 Å². The number of urea groups is 1. The number of methoxy groups -OCH3 is 1. The predicted octanol–water partition coefficient (Wildman–Crippen LogP) is 1.59. The molecule has 1 heterocycles. The molecule has 124 valence electrons. The van der Waals surface area contributed by atoms with Gasteiger partial charge < -0.3 is 15.2 Å². The van der Waals surface area contributed by atoms with Gasteiger partial charge in [0.15, 0.2) is 11.6 Å². The van der Waals surface area contributed by atoms with Crippen molar-refractivity contribution < 1.29 is 23.8 Å². The Balaban J connectivity index is 1.75. The van der Waals surface area contributed by atoms with Gasteiger partial charge in [-0.3, -0.25) is 9.69 Å². The third-order valence-corrected chi connectivity index (χ3v) is 4.61. The van der Waals surface area contributed by atoms with Crippen molar-refractivity contribution in [3.8, 4) is 5.75 Å². The lowest BCUT2D eigenvalue weighted by atomic mass is 9.96. The zero-order valence-corrected chi connectivity index (χ0v) is 13.0. The highest BCUT2D eigenvalue weighted by Gasteiger charge is 2.56. The van der Waals surface area contributed by atoms with Crippen molar-refractivity contribution in [1.29, 1.82) is 0 Å². The van der Waals surface area contributed by atoms with Crippen LogP contribution < -0.4 is 10.1 Å². The molecule has 2 N–H and O–H groups in total.